The fraction of sp³-hybridized carbons (Fsp3) is 0.235. The van der Waals surface area contributed by atoms with Crippen molar-refractivity contribution in [1.29, 1.82) is 0 Å². The van der Waals surface area contributed by atoms with Crippen LogP contribution in [0.4, 0.5) is 0 Å². The van der Waals surface area contributed by atoms with Gasteiger partial charge in [-0.1, -0.05) is 24.3 Å². The number of hydrogen-bond acceptors (Lipinski definition) is 5. The van der Waals surface area contributed by atoms with Crippen molar-refractivity contribution in [3.05, 3.63) is 60.4 Å². The van der Waals surface area contributed by atoms with Gasteiger partial charge in [-0.15, -0.1) is 0 Å². The number of pyridine rings is 1. The van der Waals surface area contributed by atoms with Crippen LogP contribution in [0, 0.1) is 0 Å². The number of benzene rings is 1. The van der Waals surface area contributed by atoms with E-state index >= 15 is 0 Å². The lowest BCUT2D eigenvalue weighted by Gasteiger charge is -2.16. The molecule has 2 rings (SSSR count). The molecule has 0 aliphatic carbocycles. The molecule has 0 aliphatic rings. The topological polar surface area (TPSA) is 85.4 Å². The molecule has 126 valence electrons. The SMILES string of the molecule is COC(=O)[C@@H](CC[S@@](=O)c1ccccc1)NC(=O)c1ccccn1. The molecule has 0 saturated carbocycles. The van der Waals surface area contributed by atoms with E-state index in [1.807, 2.05) is 6.07 Å². The van der Waals surface area contributed by atoms with E-state index in [0.717, 1.165) is 0 Å². The largest absolute Gasteiger partial charge is 0.467 e. The zero-order valence-corrected chi connectivity index (χ0v) is 14.0. The van der Waals surface area contributed by atoms with Gasteiger partial charge in [-0.2, -0.15) is 0 Å². The molecule has 2 atom stereocenters. The first-order valence-corrected chi connectivity index (χ1v) is 8.67. The maximum absolute atomic E-state index is 12.2. The van der Waals surface area contributed by atoms with E-state index in [9.17, 15) is 13.8 Å². The molecule has 0 bridgehead atoms. The molecule has 0 spiro atoms. The monoisotopic (exact) mass is 346 g/mol. The fourth-order valence-electron chi connectivity index (χ4n) is 2.04. The predicted molar refractivity (Wildman–Crippen MR) is 89.8 cm³/mol. The van der Waals surface area contributed by atoms with Crippen molar-refractivity contribution in [2.24, 2.45) is 0 Å². The number of carbonyl (C=O) groups excluding carboxylic acids is 2. The lowest BCUT2D eigenvalue weighted by molar-refractivity contribution is -0.142. The van der Waals surface area contributed by atoms with Gasteiger partial charge in [0, 0.05) is 16.8 Å². The van der Waals surface area contributed by atoms with Crippen LogP contribution < -0.4 is 5.32 Å². The van der Waals surface area contributed by atoms with Crippen LogP contribution in [-0.2, 0) is 20.3 Å². The highest BCUT2D eigenvalue weighted by Crippen LogP contribution is 2.09. The molecule has 7 heteroatoms. The molecule has 0 saturated heterocycles. The number of nitrogens with one attached hydrogen (secondary N) is 1. The maximum atomic E-state index is 12.2. The number of rotatable bonds is 7. The fourth-order valence-corrected chi connectivity index (χ4v) is 3.18. The summed E-state index contributed by atoms with van der Waals surface area (Å²) in [7, 11) is -0.0101. The number of nitrogens with zero attached hydrogens (tertiary/aromatic N) is 1. The molecular weight excluding hydrogens is 328 g/mol. The number of carbonyl (C=O) groups is 2. The lowest BCUT2D eigenvalue weighted by atomic mass is 10.2. The second-order valence-corrected chi connectivity index (χ2v) is 6.49. The lowest BCUT2D eigenvalue weighted by Crippen LogP contribution is -2.42. The Hall–Kier alpha value is -2.54. The van der Waals surface area contributed by atoms with Gasteiger partial charge in [0.05, 0.1) is 17.9 Å². The van der Waals surface area contributed by atoms with Gasteiger partial charge in [-0.25, -0.2) is 4.79 Å². The minimum atomic E-state index is -1.26. The molecule has 0 unspecified atom stereocenters. The van der Waals surface area contributed by atoms with Crippen molar-refractivity contribution in [2.75, 3.05) is 12.9 Å². The van der Waals surface area contributed by atoms with Gasteiger partial charge in [-0.05, 0) is 30.7 Å². The highest BCUT2D eigenvalue weighted by molar-refractivity contribution is 7.85. The predicted octanol–water partition coefficient (Wildman–Crippen LogP) is 1.55. The number of amides is 1. The Morgan fingerprint density at radius 1 is 1.17 bits per heavy atom. The van der Waals surface area contributed by atoms with Crippen molar-refractivity contribution < 1.29 is 18.5 Å². The molecule has 1 heterocycles. The Morgan fingerprint density at radius 3 is 2.50 bits per heavy atom. The van der Waals surface area contributed by atoms with Crippen LogP contribution >= 0.6 is 0 Å². The third kappa shape index (κ3) is 4.99. The molecular formula is C17H18N2O4S. The van der Waals surface area contributed by atoms with Gasteiger partial charge < -0.3 is 10.1 Å². The first kappa shape index (κ1) is 17.8. The summed E-state index contributed by atoms with van der Waals surface area (Å²) in [5.41, 5.74) is 0.204. The molecule has 0 aliphatic heterocycles. The van der Waals surface area contributed by atoms with Crippen LogP contribution in [-0.4, -0.2) is 40.0 Å². The molecule has 0 radical (unpaired) electrons. The third-order valence-electron chi connectivity index (χ3n) is 3.29. The second-order valence-electron chi connectivity index (χ2n) is 4.92. The Kier molecular flexibility index (Phi) is 6.62. The number of aromatic nitrogens is 1. The number of ether oxygens (including phenoxy) is 1. The zero-order valence-electron chi connectivity index (χ0n) is 13.2. The summed E-state index contributed by atoms with van der Waals surface area (Å²) >= 11 is 0. The Labute approximate surface area is 142 Å². The van der Waals surface area contributed by atoms with Gasteiger partial charge in [0.15, 0.2) is 0 Å². The van der Waals surface area contributed by atoms with E-state index in [-0.39, 0.29) is 17.9 Å². The average molecular weight is 346 g/mol. The van der Waals surface area contributed by atoms with E-state index in [0.29, 0.717) is 4.90 Å². The summed E-state index contributed by atoms with van der Waals surface area (Å²) < 4.78 is 17.0. The van der Waals surface area contributed by atoms with Crippen molar-refractivity contribution >= 4 is 22.7 Å². The summed E-state index contributed by atoms with van der Waals surface area (Å²) in [5, 5.41) is 2.58. The third-order valence-corrected chi connectivity index (χ3v) is 4.69. The van der Waals surface area contributed by atoms with Crippen molar-refractivity contribution in [3.63, 3.8) is 0 Å². The molecule has 1 N–H and O–H groups in total. The number of hydrogen-bond donors (Lipinski definition) is 1. The van der Waals surface area contributed by atoms with E-state index in [2.05, 4.69) is 10.3 Å². The molecule has 0 fully saturated rings. The standard InChI is InChI=1S/C17H18N2O4S/c1-23-17(21)15(19-16(20)14-9-5-6-11-18-14)10-12-24(22)13-7-3-2-4-8-13/h2-9,11,15H,10,12H2,1H3,(H,19,20)/t15-,24-/m1/s1. The minimum absolute atomic E-state index is 0.201. The molecule has 2 aromatic rings. The second kappa shape index (κ2) is 8.93. The van der Waals surface area contributed by atoms with E-state index in [1.54, 1.807) is 42.5 Å². The molecule has 1 amide bonds. The molecule has 1 aromatic carbocycles. The first-order chi connectivity index (χ1) is 11.6. The number of methoxy groups -OCH3 is 1. The highest BCUT2D eigenvalue weighted by Gasteiger charge is 2.23. The zero-order chi connectivity index (χ0) is 17.4. The smallest absolute Gasteiger partial charge is 0.328 e. The van der Waals surface area contributed by atoms with Crippen LogP contribution in [0.3, 0.4) is 0 Å². The summed E-state index contributed by atoms with van der Waals surface area (Å²) in [6.07, 6.45) is 1.69. The van der Waals surface area contributed by atoms with E-state index in [4.69, 9.17) is 4.74 Å². The van der Waals surface area contributed by atoms with Gasteiger partial charge in [0.2, 0.25) is 0 Å². The van der Waals surface area contributed by atoms with E-state index < -0.39 is 28.7 Å². The average Bonchev–Trinajstić information content (AvgIpc) is 2.65. The highest BCUT2D eigenvalue weighted by atomic mass is 32.2. The van der Waals surface area contributed by atoms with Gasteiger partial charge in [0.25, 0.3) is 5.91 Å². The Bertz CT molecular complexity index is 707. The summed E-state index contributed by atoms with van der Waals surface area (Å²) in [6.45, 7) is 0. The van der Waals surface area contributed by atoms with Crippen LogP contribution in [0.5, 0.6) is 0 Å². The normalized spacial score (nSPS) is 12.9. The van der Waals surface area contributed by atoms with Crippen LogP contribution in [0.15, 0.2) is 59.6 Å². The number of esters is 1. The minimum Gasteiger partial charge on any atom is -0.467 e. The Balaban J connectivity index is 2.00. The van der Waals surface area contributed by atoms with Crippen LogP contribution in [0.25, 0.3) is 0 Å². The summed E-state index contributed by atoms with van der Waals surface area (Å²) in [5.74, 6) is -0.826. The van der Waals surface area contributed by atoms with Crippen molar-refractivity contribution in [3.8, 4) is 0 Å². The first-order valence-electron chi connectivity index (χ1n) is 7.35. The molecule has 24 heavy (non-hydrogen) atoms. The molecule has 6 nitrogen and oxygen atoms in total. The molecule has 1 aromatic heterocycles. The van der Waals surface area contributed by atoms with Crippen molar-refractivity contribution in [2.45, 2.75) is 17.4 Å². The quantitative estimate of drug-likeness (QED) is 0.769. The van der Waals surface area contributed by atoms with E-state index in [1.165, 1.54) is 13.3 Å². The van der Waals surface area contributed by atoms with Crippen LogP contribution in [0.2, 0.25) is 0 Å². The maximum Gasteiger partial charge on any atom is 0.328 e. The van der Waals surface area contributed by atoms with Gasteiger partial charge in [-0.3, -0.25) is 14.0 Å². The summed E-state index contributed by atoms with van der Waals surface area (Å²) in [6, 6.07) is 13.0. The van der Waals surface area contributed by atoms with Crippen LogP contribution in [0.1, 0.15) is 16.9 Å². The van der Waals surface area contributed by atoms with Crippen molar-refractivity contribution in [1.82, 2.24) is 10.3 Å². The summed E-state index contributed by atoms with van der Waals surface area (Å²) in [4.78, 5) is 28.6. The Morgan fingerprint density at radius 2 is 1.88 bits per heavy atom. The van der Waals surface area contributed by atoms with Gasteiger partial charge >= 0.3 is 5.97 Å². The van der Waals surface area contributed by atoms with Gasteiger partial charge in [0.1, 0.15) is 11.7 Å².